The summed E-state index contributed by atoms with van der Waals surface area (Å²) >= 11 is 0. The lowest BCUT2D eigenvalue weighted by atomic mass is 9.84. The third kappa shape index (κ3) is 6.49. The van der Waals surface area contributed by atoms with Crippen LogP contribution < -0.4 is 9.47 Å². The molecule has 1 aromatic carbocycles. The molecule has 39 heavy (non-hydrogen) atoms. The van der Waals surface area contributed by atoms with Crippen molar-refractivity contribution in [2.45, 2.75) is 64.8 Å². The molecular weight excluding hydrogens is 502 g/mol. The van der Waals surface area contributed by atoms with Gasteiger partial charge < -0.3 is 29.5 Å². The summed E-state index contributed by atoms with van der Waals surface area (Å²) < 4.78 is 11.0. The Kier molecular flexibility index (Phi) is 9.38. The highest BCUT2D eigenvalue weighted by Crippen LogP contribution is 2.43. The maximum Gasteiger partial charge on any atom is 0.308 e. The van der Waals surface area contributed by atoms with E-state index in [0.29, 0.717) is 57.1 Å². The third-order valence-corrected chi connectivity index (χ3v) is 8.48. The Morgan fingerprint density at radius 1 is 1.15 bits per heavy atom. The monoisotopic (exact) mass is 545 g/mol. The van der Waals surface area contributed by atoms with E-state index in [1.54, 1.807) is 4.90 Å². The molecule has 2 N–H and O–H groups in total. The maximum absolute atomic E-state index is 13.5. The number of likely N-dealkylation sites (tertiary alicyclic amines) is 2. The van der Waals surface area contributed by atoms with Crippen LogP contribution in [-0.4, -0.2) is 101 Å². The molecule has 2 amide bonds. The molecule has 216 valence electrons. The number of nitrogens with zero attached hydrogens (tertiary/aromatic N) is 3. The summed E-state index contributed by atoms with van der Waals surface area (Å²) in [5, 5.41) is 19.8. The molecule has 0 aliphatic carbocycles. The van der Waals surface area contributed by atoms with Crippen LogP contribution in [0.4, 0.5) is 0 Å². The van der Waals surface area contributed by atoms with Gasteiger partial charge in [-0.05, 0) is 43.4 Å². The number of carboxylic acids is 1. The zero-order valence-corrected chi connectivity index (χ0v) is 23.4. The van der Waals surface area contributed by atoms with Crippen LogP contribution in [-0.2, 0) is 14.4 Å². The summed E-state index contributed by atoms with van der Waals surface area (Å²) in [6.07, 6.45) is 3.56. The molecule has 0 saturated carbocycles. The number of hydrogen-bond acceptors (Lipinski definition) is 7. The van der Waals surface area contributed by atoms with Crippen molar-refractivity contribution in [2.75, 3.05) is 52.7 Å². The third-order valence-electron chi connectivity index (χ3n) is 8.48. The molecule has 2 fully saturated rings. The van der Waals surface area contributed by atoms with Gasteiger partial charge in [0.25, 0.3) is 0 Å². The lowest BCUT2D eigenvalue weighted by Gasteiger charge is -2.31. The van der Waals surface area contributed by atoms with E-state index in [9.17, 15) is 24.6 Å². The van der Waals surface area contributed by atoms with Crippen LogP contribution in [0.3, 0.4) is 0 Å². The van der Waals surface area contributed by atoms with E-state index >= 15 is 0 Å². The predicted molar refractivity (Wildman–Crippen MR) is 145 cm³/mol. The fraction of sp³-hybridized carbons (Fsp3) is 0.690. The van der Waals surface area contributed by atoms with Crippen molar-refractivity contribution in [1.29, 1.82) is 0 Å². The first-order valence-electron chi connectivity index (χ1n) is 14.2. The lowest BCUT2D eigenvalue weighted by molar-refractivity contribution is -0.144. The van der Waals surface area contributed by atoms with Gasteiger partial charge in [0.05, 0.1) is 12.5 Å². The van der Waals surface area contributed by atoms with Crippen molar-refractivity contribution in [3.63, 3.8) is 0 Å². The molecule has 3 atom stereocenters. The van der Waals surface area contributed by atoms with E-state index in [2.05, 4.69) is 6.92 Å². The van der Waals surface area contributed by atoms with Crippen molar-refractivity contribution in [2.24, 2.45) is 11.3 Å². The summed E-state index contributed by atoms with van der Waals surface area (Å²) in [6.45, 7) is 8.82. The SMILES string of the molecule is CCCCN(CCCO)C(=O)CN1C[C@H](c2ccc3c(c2)OCO3)C(C(=O)O)[C@@H]1CCN1CCC(C)(C)C1=O. The summed E-state index contributed by atoms with van der Waals surface area (Å²) in [7, 11) is 0. The van der Waals surface area contributed by atoms with Crippen LogP contribution in [0, 0.1) is 11.3 Å². The van der Waals surface area contributed by atoms with Crippen LogP contribution in [0.2, 0.25) is 0 Å². The summed E-state index contributed by atoms with van der Waals surface area (Å²) in [5.41, 5.74) is 0.437. The lowest BCUT2D eigenvalue weighted by Crippen LogP contribution is -2.46. The van der Waals surface area contributed by atoms with Crippen molar-refractivity contribution in [3.05, 3.63) is 23.8 Å². The molecular formula is C29H43N3O7. The fourth-order valence-corrected chi connectivity index (χ4v) is 6.13. The van der Waals surface area contributed by atoms with Gasteiger partial charge in [0.1, 0.15) is 0 Å². The molecule has 3 aliphatic rings. The van der Waals surface area contributed by atoms with Crippen LogP contribution in [0.1, 0.15) is 64.4 Å². The number of benzene rings is 1. The molecule has 0 aromatic heterocycles. The Bertz CT molecular complexity index is 1040. The molecule has 0 radical (unpaired) electrons. The Morgan fingerprint density at radius 2 is 1.90 bits per heavy atom. The number of carbonyl (C=O) groups excluding carboxylic acids is 2. The minimum Gasteiger partial charge on any atom is -0.481 e. The van der Waals surface area contributed by atoms with E-state index in [4.69, 9.17) is 9.47 Å². The van der Waals surface area contributed by atoms with Crippen LogP contribution in [0.25, 0.3) is 0 Å². The quantitative estimate of drug-likeness (QED) is 0.388. The first kappa shape index (κ1) is 29.1. The molecule has 0 spiro atoms. The second-order valence-corrected chi connectivity index (χ2v) is 11.6. The topological polar surface area (TPSA) is 120 Å². The Labute approximate surface area is 230 Å². The second-order valence-electron chi connectivity index (χ2n) is 11.6. The first-order valence-corrected chi connectivity index (χ1v) is 14.2. The number of carboxylic acid groups (broad SMARTS) is 1. The number of aliphatic hydroxyl groups is 1. The van der Waals surface area contributed by atoms with Crippen LogP contribution in [0.15, 0.2) is 18.2 Å². The van der Waals surface area contributed by atoms with Gasteiger partial charge in [0, 0.05) is 56.7 Å². The maximum atomic E-state index is 13.5. The van der Waals surface area contributed by atoms with Gasteiger partial charge in [-0.25, -0.2) is 0 Å². The summed E-state index contributed by atoms with van der Waals surface area (Å²) in [6, 6.07) is 5.14. The van der Waals surface area contributed by atoms with Gasteiger partial charge in [-0.2, -0.15) is 0 Å². The zero-order chi connectivity index (χ0) is 28.2. The highest BCUT2D eigenvalue weighted by molar-refractivity contribution is 5.84. The Balaban J connectivity index is 1.58. The normalized spacial score (nSPS) is 23.9. The number of carbonyl (C=O) groups is 3. The van der Waals surface area contributed by atoms with Gasteiger partial charge in [-0.3, -0.25) is 19.3 Å². The van der Waals surface area contributed by atoms with Gasteiger partial charge in [0.2, 0.25) is 18.6 Å². The number of aliphatic hydroxyl groups excluding tert-OH is 1. The smallest absolute Gasteiger partial charge is 0.308 e. The number of hydrogen-bond donors (Lipinski definition) is 2. The van der Waals surface area contributed by atoms with E-state index < -0.39 is 23.3 Å². The fourth-order valence-electron chi connectivity index (χ4n) is 6.13. The number of ether oxygens (including phenoxy) is 2. The summed E-state index contributed by atoms with van der Waals surface area (Å²) in [4.78, 5) is 44.7. The van der Waals surface area contributed by atoms with E-state index in [1.807, 2.05) is 41.8 Å². The van der Waals surface area contributed by atoms with Crippen molar-refractivity contribution in [3.8, 4) is 11.5 Å². The van der Waals surface area contributed by atoms with Crippen molar-refractivity contribution < 1.29 is 34.1 Å². The highest BCUT2D eigenvalue weighted by Gasteiger charge is 2.48. The van der Waals surface area contributed by atoms with Gasteiger partial charge in [-0.1, -0.05) is 33.3 Å². The average molecular weight is 546 g/mol. The predicted octanol–water partition coefficient (Wildman–Crippen LogP) is 2.54. The Morgan fingerprint density at radius 3 is 2.56 bits per heavy atom. The van der Waals surface area contributed by atoms with Crippen molar-refractivity contribution in [1.82, 2.24) is 14.7 Å². The molecule has 4 rings (SSSR count). The number of amides is 2. The zero-order valence-electron chi connectivity index (χ0n) is 23.4. The van der Waals surface area contributed by atoms with E-state index in [1.165, 1.54) is 0 Å². The highest BCUT2D eigenvalue weighted by atomic mass is 16.7. The number of rotatable bonds is 13. The minimum absolute atomic E-state index is 0.00965. The molecule has 3 heterocycles. The van der Waals surface area contributed by atoms with Gasteiger partial charge >= 0.3 is 5.97 Å². The molecule has 10 heteroatoms. The standard InChI is InChI=1S/C29H43N3O7/c1-4-5-11-30(12-6-15-33)25(34)18-32-17-21(20-7-8-23-24(16-20)39-19-38-23)26(27(35)36)22(32)9-13-31-14-10-29(2,3)28(31)37/h7-8,16,21-22,26,33H,4-6,9-15,17-19H2,1-3H3,(H,35,36)/t21-,22+,26?/m1/s1. The molecule has 2 saturated heterocycles. The average Bonchev–Trinajstić information content (AvgIpc) is 3.58. The molecule has 1 unspecified atom stereocenters. The minimum atomic E-state index is -0.909. The molecule has 0 bridgehead atoms. The van der Waals surface area contributed by atoms with Gasteiger partial charge in [0.15, 0.2) is 11.5 Å². The largest absolute Gasteiger partial charge is 0.481 e. The molecule has 1 aromatic rings. The molecule has 3 aliphatic heterocycles. The van der Waals surface area contributed by atoms with E-state index in [-0.39, 0.29) is 37.7 Å². The van der Waals surface area contributed by atoms with Crippen LogP contribution >= 0.6 is 0 Å². The number of fused-ring (bicyclic) bond motifs is 1. The van der Waals surface area contributed by atoms with Crippen LogP contribution in [0.5, 0.6) is 11.5 Å². The Hall–Kier alpha value is -2.85. The number of unbranched alkanes of at least 4 members (excludes halogenated alkanes) is 1. The van der Waals surface area contributed by atoms with E-state index in [0.717, 1.165) is 24.8 Å². The van der Waals surface area contributed by atoms with Gasteiger partial charge in [-0.15, -0.1) is 0 Å². The second kappa shape index (κ2) is 12.6. The first-order chi connectivity index (χ1) is 18.7. The number of aliphatic carboxylic acids is 1. The van der Waals surface area contributed by atoms with Crippen molar-refractivity contribution >= 4 is 17.8 Å². The molecule has 10 nitrogen and oxygen atoms in total. The summed E-state index contributed by atoms with van der Waals surface area (Å²) in [5.74, 6) is -0.728.